The molecule has 0 amide bonds. The number of thiophene rings is 1. The Morgan fingerprint density at radius 1 is 1.39 bits per heavy atom. The highest BCUT2D eigenvalue weighted by molar-refractivity contribution is 7.13. The van der Waals surface area contributed by atoms with Crippen molar-refractivity contribution < 1.29 is 4.42 Å². The highest BCUT2D eigenvalue weighted by Gasteiger charge is 2.06. The van der Waals surface area contributed by atoms with E-state index in [2.05, 4.69) is 20.5 Å². The maximum Gasteiger partial charge on any atom is 0.242 e. The molecular formula is C12H12N4OS. The van der Waals surface area contributed by atoms with Crippen molar-refractivity contribution in [3.05, 3.63) is 41.2 Å². The summed E-state index contributed by atoms with van der Waals surface area (Å²) in [6.07, 6.45) is 0. The Morgan fingerprint density at radius 3 is 3.06 bits per heavy atom. The van der Waals surface area contributed by atoms with Crippen molar-refractivity contribution in [1.82, 2.24) is 15.2 Å². The monoisotopic (exact) mass is 260 g/mol. The molecule has 3 rings (SSSR count). The average Bonchev–Trinajstić information content (AvgIpc) is 3.07. The zero-order valence-corrected chi connectivity index (χ0v) is 10.6. The summed E-state index contributed by atoms with van der Waals surface area (Å²) in [6.45, 7) is 2.50. The summed E-state index contributed by atoms with van der Waals surface area (Å²) in [7, 11) is 0. The molecule has 0 aliphatic heterocycles. The van der Waals surface area contributed by atoms with Gasteiger partial charge in [-0.1, -0.05) is 6.07 Å². The topological polar surface area (TPSA) is 66.7 Å². The normalized spacial score (nSPS) is 10.7. The molecule has 0 aliphatic carbocycles. The number of nitrogens with one attached hydrogen (secondary N) is 2. The van der Waals surface area contributed by atoms with Crippen LogP contribution in [0, 0.1) is 6.92 Å². The van der Waals surface area contributed by atoms with Crippen LogP contribution in [0.5, 0.6) is 0 Å². The molecule has 3 aromatic rings. The minimum atomic E-state index is 0.576. The number of H-pyrrole nitrogens is 1. The van der Waals surface area contributed by atoms with Crippen LogP contribution >= 0.6 is 11.3 Å². The Kier molecular flexibility index (Phi) is 2.85. The minimum absolute atomic E-state index is 0.576. The molecule has 0 atom stereocenters. The number of aryl methyl sites for hydroxylation is 1. The molecule has 0 radical (unpaired) electrons. The molecule has 0 fully saturated rings. The van der Waals surface area contributed by atoms with E-state index in [9.17, 15) is 0 Å². The van der Waals surface area contributed by atoms with Gasteiger partial charge in [-0.05, 0) is 30.5 Å². The lowest BCUT2D eigenvalue weighted by Crippen LogP contribution is -1.99. The molecular weight excluding hydrogens is 248 g/mol. The van der Waals surface area contributed by atoms with Crippen LogP contribution in [-0.4, -0.2) is 15.2 Å². The van der Waals surface area contributed by atoms with Crippen LogP contribution in [0.1, 0.15) is 11.5 Å². The molecule has 0 unspecified atom stereocenters. The van der Waals surface area contributed by atoms with Crippen molar-refractivity contribution in [2.45, 2.75) is 13.5 Å². The van der Waals surface area contributed by atoms with Gasteiger partial charge in [-0.25, -0.2) is 0 Å². The first-order chi connectivity index (χ1) is 8.81. The van der Waals surface area contributed by atoms with E-state index in [1.54, 1.807) is 11.3 Å². The van der Waals surface area contributed by atoms with Gasteiger partial charge >= 0.3 is 0 Å². The van der Waals surface area contributed by atoms with E-state index in [1.165, 1.54) is 0 Å². The van der Waals surface area contributed by atoms with Crippen LogP contribution in [0.4, 0.5) is 5.95 Å². The highest BCUT2D eigenvalue weighted by Crippen LogP contribution is 2.21. The van der Waals surface area contributed by atoms with Crippen LogP contribution in [0.2, 0.25) is 0 Å². The molecule has 0 bridgehead atoms. The van der Waals surface area contributed by atoms with E-state index in [0.29, 0.717) is 12.5 Å². The molecule has 2 N–H and O–H groups in total. The molecule has 6 heteroatoms. The molecule has 92 valence electrons. The van der Waals surface area contributed by atoms with Gasteiger partial charge in [0.25, 0.3) is 0 Å². The van der Waals surface area contributed by atoms with Crippen LogP contribution in [0.25, 0.3) is 10.7 Å². The van der Waals surface area contributed by atoms with Gasteiger partial charge in [0.15, 0.2) is 5.82 Å². The maximum absolute atomic E-state index is 5.46. The largest absolute Gasteiger partial charge is 0.465 e. The van der Waals surface area contributed by atoms with Crippen molar-refractivity contribution in [2.24, 2.45) is 0 Å². The predicted octanol–water partition coefficient (Wildman–Crippen LogP) is 3.05. The zero-order chi connectivity index (χ0) is 12.4. The smallest absolute Gasteiger partial charge is 0.242 e. The second kappa shape index (κ2) is 4.66. The lowest BCUT2D eigenvalue weighted by molar-refractivity contribution is 0.490. The van der Waals surface area contributed by atoms with Crippen molar-refractivity contribution in [2.75, 3.05) is 5.32 Å². The third-order valence-electron chi connectivity index (χ3n) is 2.46. The summed E-state index contributed by atoms with van der Waals surface area (Å²) in [4.78, 5) is 5.44. The van der Waals surface area contributed by atoms with Gasteiger partial charge in [0.05, 0.1) is 11.4 Å². The number of rotatable bonds is 4. The molecule has 0 spiro atoms. The summed E-state index contributed by atoms with van der Waals surface area (Å²) >= 11 is 1.63. The average molecular weight is 260 g/mol. The summed E-state index contributed by atoms with van der Waals surface area (Å²) in [5.41, 5.74) is 0. The first-order valence-corrected chi connectivity index (χ1v) is 6.45. The fourth-order valence-electron chi connectivity index (χ4n) is 1.61. The molecule has 3 heterocycles. The second-order valence-electron chi connectivity index (χ2n) is 3.85. The van der Waals surface area contributed by atoms with Crippen LogP contribution < -0.4 is 5.32 Å². The number of aromatic amines is 1. The first kappa shape index (κ1) is 11.0. The Morgan fingerprint density at radius 2 is 2.33 bits per heavy atom. The van der Waals surface area contributed by atoms with Gasteiger partial charge in [-0.3, -0.25) is 5.10 Å². The summed E-state index contributed by atoms with van der Waals surface area (Å²) in [6, 6.07) is 7.87. The molecule has 0 aliphatic rings. The number of aromatic nitrogens is 3. The van der Waals surface area contributed by atoms with Crippen LogP contribution in [-0.2, 0) is 6.54 Å². The number of nitrogens with zero attached hydrogens (tertiary/aromatic N) is 2. The Hall–Kier alpha value is -2.08. The molecule has 3 aromatic heterocycles. The van der Waals surface area contributed by atoms with Gasteiger partial charge in [0.2, 0.25) is 5.95 Å². The lowest BCUT2D eigenvalue weighted by Gasteiger charge is -1.97. The Balaban J connectivity index is 1.67. The maximum atomic E-state index is 5.46. The standard InChI is InChI=1S/C12H12N4OS/c1-8-4-5-9(17-8)7-13-12-14-11(15-16-12)10-3-2-6-18-10/h2-6H,7H2,1H3,(H2,13,14,15,16). The molecule has 0 saturated carbocycles. The second-order valence-corrected chi connectivity index (χ2v) is 4.80. The predicted molar refractivity (Wildman–Crippen MR) is 70.5 cm³/mol. The molecule has 5 nitrogen and oxygen atoms in total. The lowest BCUT2D eigenvalue weighted by atomic mass is 10.4. The fraction of sp³-hybridized carbons (Fsp3) is 0.167. The Bertz CT molecular complexity index is 626. The molecule has 18 heavy (non-hydrogen) atoms. The van der Waals surface area contributed by atoms with Crippen molar-refractivity contribution in [1.29, 1.82) is 0 Å². The zero-order valence-electron chi connectivity index (χ0n) is 9.80. The van der Waals surface area contributed by atoms with Crippen LogP contribution in [0.15, 0.2) is 34.1 Å². The number of hydrogen-bond acceptors (Lipinski definition) is 5. The van der Waals surface area contributed by atoms with E-state index < -0.39 is 0 Å². The van der Waals surface area contributed by atoms with E-state index in [1.807, 2.05) is 36.6 Å². The van der Waals surface area contributed by atoms with Crippen LogP contribution in [0.3, 0.4) is 0 Å². The van der Waals surface area contributed by atoms with Gasteiger partial charge < -0.3 is 9.73 Å². The first-order valence-electron chi connectivity index (χ1n) is 5.57. The summed E-state index contributed by atoms with van der Waals surface area (Å²) in [5.74, 6) is 3.13. The third kappa shape index (κ3) is 2.28. The fourth-order valence-corrected chi connectivity index (χ4v) is 2.27. The summed E-state index contributed by atoms with van der Waals surface area (Å²) in [5, 5.41) is 12.1. The van der Waals surface area contributed by atoms with E-state index in [-0.39, 0.29) is 0 Å². The van der Waals surface area contributed by atoms with Gasteiger partial charge in [0.1, 0.15) is 11.5 Å². The number of furan rings is 1. The number of anilines is 1. The quantitative estimate of drug-likeness (QED) is 0.756. The van der Waals surface area contributed by atoms with E-state index in [4.69, 9.17) is 4.42 Å². The minimum Gasteiger partial charge on any atom is -0.465 e. The van der Waals surface area contributed by atoms with Crippen molar-refractivity contribution in [3.63, 3.8) is 0 Å². The highest BCUT2D eigenvalue weighted by atomic mass is 32.1. The van der Waals surface area contributed by atoms with E-state index in [0.717, 1.165) is 22.2 Å². The van der Waals surface area contributed by atoms with Gasteiger partial charge in [-0.15, -0.1) is 16.4 Å². The van der Waals surface area contributed by atoms with Crippen molar-refractivity contribution >= 4 is 17.3 Å². The van der Waals surface area contributed by atoms with E-state index >= 15 is 0 Å². The molecule has 0 saturated heterocycles. The van der Waals surface area contributed by atoms with Crippen molar-refractivity contribution in [3.8, 4) is 10.7 Å². The van der Waals surface area contributed by atoms with Gasteiger partial charge in [-0.2, -0.15) is 4.98 Å². The Labute approximate surface area is 108 Å². The molecule has 0 aromatic carbocycles. The SMILES string of the molecule is Cc1ccc(CNc2n[nH]c(-c3cccs3)n2)o1. The number of hydrogen-bond donors (Lipinski definition) is 2. The third-order valence-corrected chi connectivity index (χ3v) is 3.33. The van der Waals surface area contributed by atoms with Gasteiger partial charge in [0, 0.05) is 0 Å². The summed E-state index contributed by atoms with van der Waals surface area (Å²) < 4.78 is 5.46.